The van der Waals surface area contributed by atoms with Gasteiger partial charge in [0.25, 0.3) is 0 Å². The Morgan fingerprint density at radius 1 is 1.23 bits per heavy atom. The number of ketones is 1. The van der Waals surface area contributed by atoms with Crippen LogP contribution in [0.4, 0.5) is 0 Å². The predicted molar refractivity (Wildman–Crippen MR) is 103 cm³/mol. The van der Waals surface area contributed by atoms with Crippen molar-refractivity contribution in [3.8, 4) is 5.75 Å². The van der Waals surface area contributed by atoms with E-state index in [1.807, 2.05) is 36.4 Å². The lowest BCUT2D eigenvalue weighted by Gasteiger charge is -2.25. The number of ether oxygens (including phenoxy) is 1. The molecule has 2 aliphatic rings. The van der Waals surface area contributed by atoms with Crippen LogP contribution in [0.5, 0.6) is 5.75 Å². The maximum atomic E-state index is 12.7. The molecular weight excluding hydrogens is 346 g/mol. The molecule has 4 rings (SSSR count). The summed E-state index contributed by atoms with van der Waals surface area (Å²) >= 11 is 1.74. The lowest BCUT2D eigenvalue weighted by Crippen LogP contribution is -2.44. The van der Waals surface area contributed by atoms with E-state index in [0.29, 0.717) is 6.54 Å². The first-order valence-corrected chi connectivity index (χ1v) is 10.2. The maximum Gasteiger partial charge on any atom is 0.168 e. The molecule has 1 aromatic carbocycles. The van der Waals surface area contributed by atoms with Crippen LogP contribution >= 0.6 is 11.3 Å². The number of aliphatic hydroxyl groups is 1. The Hall–Kier alpha value is -1.69. The van der Waals surface area contributed by atoms with Gasteiger partial charge in [0.1, 0.15) is 18.0 Å². The van der Waals surface area contributed by atoms with Crippen molar-refractivity contribution < 1.29 is 14.6 Å². The average Bonchev–Trinajstić information content (AvgIpc) is 3.19. The highest BCUT2D eigenvalue weighted by Gasteiger charge is 2.37. The first kappa shape index (κ1) is 17.7. The van der Waals surface area contributed by atoms with Gasteiger partial charge in [-0.3, -0.25) is 4.79 Å². The van der Waals surface area contributed by atoms with Crippen LogP contribution in [0.1, 0.15) is 39.4 Å². The zero-order valence-corrected chi connectivity index (χ0v) is 15.8. The Kier molecular flexibility index (Phi) is 5.11. The molecule has 2 aromatic rings. The molecule has 138 valence electrons. The summed E-state index contributed by atoms with van der Waals surface area (Å²) in [6.07, 6.45) is 2.82. The number of fused-ring (bicyclic) bond motifs is 1. The highest BCUT2D eigenvalue weighted by Crippen LogP contribution is 2.32. The van der Waals surface area contributed by atoms with E-state index < -0.39 is 6.10 Å². The molecule has 4 atom stereocenters. The van der Waals surface area contributed by atoms with Crippen LogP contribution in [-0.2, 0) is 6.42 Å². The molecule has 1 saturated carbocycles. The molecule has 4 nitrogen and oxygen atoms in total. The molecule has 1 heterocycles. The van der Waals surface area contributed by atoms with E-state index in [0.717, 1.165) is 37.0 Å². The summed E-state index contributed by atoms with van der Waals surface area (Å²) in [5.41, 5.74) is 0.919. The smallest absolute Gasteiger partial charge is 0.168 e. The first-order chi connectivity index (χ1) is 12.6. The number of aryl methyl sites for hydroxylation is 2. The van der Waals surface area contributed by atoms with Gasteiger partial charge in [-0.2, -0.15) is 0 Å². The number of carbonyl (C=O) groups excluding carboxylic acids is 1. The highest BCUT2D eigenvalue weighted by molar-refractivity contribution is 7.12. The first-order valence-electron chi connectivity index (χ1n) is 9.38. The summed E-state index contributed by atoms with van der Waals surface area (Å²) in [5, 5.41) is 14.0. The number of Topliss-reactive ketones (excluding diaryl/α,β-unsaturated/α-hetero) is 1. The molecule has 1 aromatic heterocycles. The number of para-hydroxylation sites is 1. The van der Waals surface area contributed by atoms with E-state index in [1.165, 1.54) is 9.75 Å². The van der Waals surface area contributed by atoms with Crippen LogP contribution in [0.2, 0.25) is 0 Å². The summed E-state index contributed by atoms with van der Waals surface area (Å²) in [5.74, 6) is 1.06. The van der Waals surface area contributed by atoms with Crippen molar-refractivity contribution in [1.29, 1.82) is 0 Å². The van der Waals surface area contributed by atoms with Crippen molar-refractivity contribution >= 4 is 17.1 Å². The van der Waals surface area contributed by atoms with Gasteiger partial charge in [-0.15, -0.1) is 11.3 Å². The second kappa shape index (κ2) is 7.51. The average molecular weight is 372 g/mol. The van der Waals surface area contributed by atoms with Crippen molar-refractivity contribution in [2.45, 2.75) is 50.9 Å². The van der Waals surface area contributed by atoms with E-state index in [9.17, 15) is 9.90 Å². The predicted octanol–water partition coefficient (Wildman–Crippen LogP) is 3.36. The zero-order valence-electron chi connectivity index (χ0n) is 15.0. The number of carbonyl (C=O) groups is 1. The Morgan fingerprint density at radius 2 is 2.04 bits per heavy atom. The van der Waals surface area contributed by atoms with Crippen LogP contribution in [-0.4, -0.2) is 35.7 Å². The normalized spacial score (nSPS) is 28.2. The number of hydrogen-bond donors (Lipinski definition) is 2. The van der Waals surface area contributed by atoms with Crippen molar-refractivity contribution in [2.75, 3.05) is 6.54 Å². The van der Waals surface area contributed by atoms with Crippen molar-refractivity contribution in [3.63, 3.8) is 0 Å². The van der Waals surface area contributed by atoms with Crippen LogP contribution in [0.15, 0.2) is 36.4 Å². The number of benzene rings is 1. The van der Waals surface area contributed by atoms with Gasteiger partial charge in [-0.1, -0.05) is 18.2 Å². The standard InChI is InChI=1S/C21H25NO3S/c1-13-11-16-19(26-13)10-7-14(20(16)23)12-22-17-8-9-18(21(17)24)25-15-5-3-2-4-6-15/h2-6,11,14,17-18,21-22,24H,7-10,12H2,1H3/t14?,17-,18+,21-/m0/s1. The summed E-state index contributed by atoms with van der Waals surface area (Å²) < 4.78 is 5.92. The van der Waals surface area contributed by atoms with Crippen LogP contribution in [0, 0.1) is 12.8 Å². The molecule has 1 fully saturated rings. The van der Waals surface area contributed by atoms with Gasteiger partial charge >= 0.3 is 0 Å². The fourth-order valence-electron chi connectivity index (χ4n) is 4.07. The molecule has 5 heteroatoms. The number of nitrogens with one attached hydrogen (secondary N) is 1. The largest absolute Gasteiger partial charge is 0.488 e. The topological polar surface area (TPSA) is 58.6 Å². The summed E-state index contributed by atoms with van der Waals surface area (Å²) in [4.78, 5) is 15.2. The molecule has 26 heavy (non-hydrogen) atoms. The molecule has 2 N–H and O–H groups in total. The summed E-state index contributed by atoms with van der Waals surface area (Å²) in [6, 6.07) is 11.7. The van der Waals surface area contributed by atoms with Crippen LogP contribution in [0.25, 0.3) is 0 Å². The van der Waals surface area contributed by atoms with Crippen molar-refractivity contribution in [3.05, 3.63) is 51.7 Å². The molecule has 0 amide bonds. The summed E-state index contributed by atoms with van der Waals surface area (Å²) in [6.45, 7) is 2.69. The Balaban J connectivity index is 1.32. The molecule has 1 unspecified atom stereocenters. The van der Waals surface area contributed by atoms with E-state index >= 15 is 0 Å². The van der Waals surface area contributed by atoms with Gasteiger partial charge in [0.05, 0.1) is 0 Å². The minimum Gasteiger partial charge on any atom is -0.488 e. The fraction of sp³-hybridized carbons (Fsp3) is 0.476. The monoisotopic (exact) mass is 371 g/mol. The molecule has 0 spiro atoms. The number of aliphatic hydroxyl groups excluding tert-OH is 1. The molecule has 0 aliphatic heterocycles. The molecule has 0 bridgehead atoms. The second-order valence-electron chi connectivity index (χ2n) is 7.35. The van der Waals surface area contributed by atoms with Gasteiger partial charge < -0.3 is 15.2 Å². The van der Waals surface area contributed by atoms with Crippen molar-refractivity contribution in [1.82, 2.24) is 5.32 Å². The molecule has 0 saturated heterocycles. The van der Waals surface area contributed by atoms with Gasteiger partial charge in [0.2, 0.25) is 0 Å². The Bertz CT molecular complexity index is 773. The maximum absolute atomic E-state index is 12.7. The third kappa shape index (κ3) is 3.56. The number of hydrogen-bond acceptors (Lipinski definition) is 5. The van der Waals surface area contributed by atoms with E-state index in [-0.39, 0.29) is 23.8 Å². The van der Waals surface area contributed by atoms with E-state index in [2.05, 4.69) is 12.2 Å². The minimum atomic E-state index is -0.548. The third-order valence-electron chi connectivity index (χ3n) is 5.50. The lowest BCUT2D eigenvalue weighted by molar-refractivity contribution is 0.0442. The van der Waals surface area contributed by atoms with Gasteiger partial charge in [-0.05, 0) is 50.8 Å². The van der Waals surface area contributed by atoms with Crippen molar-refractivity contribution in [2.24, 2.45) is 5.92 Å². The Labute approximate surface area is 158 Å². The highest BCUT2D eigenvalue weighted by atomic mass is 32.1. The van der Waals surface area contributed by atoms with Crippen LogP contribution in [0.3, 0.4) is 0 Å². The second-order valence-corrected chi connectivity index (χ2v) is 8.69. The van der Waals surface area contributed by atoms with E-state index in [4.69, 9.17) is 4.74 Å². The van der Waals surface area contributed by atoms with Crippen LogP contribution < -0.4 is 10.1 Å². The SMILES string of the molecule is Cc1cc2c(s1)CCC(CN[C@H]1CC[C@@H](Oc3ccccc3)[C@H]1O)C2=O. The van der Waals surface area contributed by atoms with Gasteiger partial charge in [-0.25, -0.2) is 0 Å². The quantitative estimate of drug-likeness (QED) is 0.846. The summed E-state index contributed by atoms with van der Waals surface area (Å²) in [7, 11) is 0. The zero-order chi connectivity index (χ0) is 18.1. The number of thiophene rings is 1. The molecular formula is C21H25NO3S. The van der Waals surface area contributed by atoms with Gasteiger partial charge in [0, 0.05) is 33.8 Å². The van der Waals surface area contributed by atoms with Gasteiger partial charge in [0.15, 0.2) is 5.78 Å². The fourth-order valence-corrected chi connectivity index (χ4v) is 5.13. The van der Waals surface area contributed by atoms with E-state index in [1.54, 1.807) is 11.3 Å². The Morgan fingerprint density at radius 3 is 2.85 bits per heavy atom. The lowest BCUT2D eigenvalue weighted by atomic mass is 9.87. The third-order valence-corrected chi connectivity index (χ3v) is 6.61. The minimum absolute atomic E-state index is 0.0118. The molecule has 0 radical (unpaired) electrons. The number of rotatable bonds is 5. The molecule has 2 aliphatic carbocycles.